The van der Waals surface area contributed by atoms with Gasteiger partial charge in [0.05, 0.1) is 0 Å². The van der Waals surface area contributed by atoms with E-state index >= 15 is 0 Å². The summed E-state index contributed by atoms with van der Waals surface area (Å²) in [5, 5.41) is 9.27. The Balaban J connectivity index is 2.80. The summed E-state index contributed by atoms with van der Waals surface area (Å²) >= 11 is 1.23. The number of nitrogens with zero attached hydrogens (tertiary/aromatic N) is 3. The fourth-order valence-corrected chi connectivity index (χ4v) is 1.76. The molecule has 0 spiro atoms. The Kier molecular flexibility index (Phi) is 3.28. The molecule has 6 heteroatoms. The van der Waals surface area contributed by atoms with Gasteiger partial charge in [0.15, 0.2) is 0 Å². The van der Waals surface area contributed by atoms with Crippen LogP contribution in [0, 0.1) is 0 Å². The first-order valence-electron chi connectivity index (χ1n) is 4.58. The Morgan fingerprint density at radius 1 is 1.53 bits per heavy atom. The lowest BCUT2D eigenvalue weighted by molar-refractivity contribution is -0.135. The molecule has 1 heterocycles. The molecule has 0 atom stereocenters. The van der Waals surface area contributed by atoms with E-state index in [1.54, 1.807) is 11.9 Å². The van der Waals surface area contributed by atoms with Gasteiger partial charge < -0.3 is 10.0 Å². The van der Waals surface area contributed by atoms with E-state index < -0.39 is 5.97 Å². The zero-order valence-electron chi connectivity index (χ0n) is 9.31. The largest absolute Gasteiger partial charge is 0.480 e. The van der Waals surface area contributed by atoms with Crippen LogP contribution in [0.2, 0.25) is 0 Å². The molecule has 0 aliphatic rings. The molecule has 15 heavy (non-hydrogen) atoms. The van der Waals surface area contributed by atoms with Gasteiger partial charge in [0.2, 0.25) is 5.13 Å². The second-order valence-electron chi connectivity index (χ2n) is 4.40. The Morgan fingerprint density at radius 2 is 2.13 bits per heavy atom. The lowest BCUT2D eigenvalue weighted by Crippen LogP contribution is -2.25. The smallest absolute Gasteiger partial charge is 0.323 e. The number of anilines is 1. The average Bonchev–Trinajstić information content (AvgIpc) is 2.48. The van der Waals surface area contributed by atoms with Crippen molar-refractivity contribution in [1.29, 1.82) is 0 Å². The first-order valence-corrected chi connectivity index (χ1v) is 5.35. The quantitative estimate of drug-likeness (QED) is 0.847. The maximum Gasteiger partial charge on any atom is 0.323 e. The lowest BCUT2D eigenvalue weighted by Gasteiger charge is -2.14. The number of likely N-dealkylation sites (N-methyl/N-ethyl adjacent to an activating group) is 1. The minimum Gasteiger partial charge on any atom is -0.480 e. The Bertz CT molecular complexity index is 356. The molecule has 5 nitrogen and oxygen atoms in total. The molecule has 0 aliphatic heterocycles. The fourth-order valence-electron chi connectivity index (χ4n) is 0.946. The maximum absolute atomic E-state index is 10.5. The van der Waals surface area contributed by atoms with Crippen molar-refractivity contribution in [3.05, 3.63) is 5.82 Å². The Morgan fingerprint density at radius 3 is 2.53 bits per heavy atom. The van der Waals surface area contributed by atoms with Crippen molar-refractivity contribution in [3.8, 4) is 0 Å². The fraction of sp³-hybridized carbons (Fsp3) is 0.667. The summed E-state index contributed by atoms with van der Waals surface area (Å²) in [5.41, 5.74) is -0.0984. The number of carboxylic acids is 1. The molecule has 0 unspecified atom stereocenters. The number of hydrogen-bond acceptors (Lipinski definition) is 5. The summed E-state index contributed by atoms with van der Waals surface area (Å²) in [6, 6.07) is 0. The van der Waals surface area contributed by atoms with E-state index in [0.717, 1.165) is 5.82 Å². The molecule has 1 aromatic heterocycles. The van der Waals surface area contributed by atoms with Crippen LogP contribution in [0.1, 0.15) is 26.6 Å². The van der Waals surface area contributed by atoms with Gasteiger partial charge in [-0.15, -0.1) is 0 Å². The van der Waals surface area contributed by atoms with Gasteiger partial charge in [0.1, 0.15) is 12.4 Å². The standard InChI is InChI=1S/C9H15N3O2S/c1-9(2,3)7-10-8(15-11-7)12(4)5-6(13)14/h5H2,1-4H3,(H,13,14). The van der Waals surface area contributed by atoms with Gasteiger partial charge >= 0.3 is 5.97 Å². The van der Waals surface area contributed by atoms with Crippen LogP contribution in [0.4, 0.5) is 5.13 Å². The van der Waals surface area contributed by atoms with E-state index in [4.69, 9.17) is 5.11 Å². The molecule has 1 rings (SSSR count). The zero-order chi connectivity index (χ0) is 11.6. The molecule has 0 saturated heterocycles. The second-order valence-corrected chi connectivity index (χ2v) is 5.13. The highest BCUT2D eigenvalue weighted by Crippen LogP contribution is 2.24. The summed E-state index contributed by atoms with van der Waals surface area (Å²) in [6.45, 7) is 6.01. The third-order valence-corrected chi connectivity index (χ3v) is 2.62. The summed E-state index contributed by atoms with van der Waals surface area (Å²) in [5.74, 6) is -0.121. The molecule has 0 radical (unpaired) electrons. The number of carboxylic acid groups (broad SMARTS) is 1. The summed E-state index contributed by atoms with van der Waals surface area (Å²) in [6.07, 6.45) is 0. The van der Waals surface area contributed by atoms with Crippen molar-refractivity contribution in [2.24, 2.45) is 0 Å². The molecular formula is C9H15N3O2S. The first-order chi connectivity index (χ1) is 6.80. The highest BCUT2D eigenvalue weighted by molar-refractivity contribution is 7.09. The van der Waals surface area contributed by atoms with Crippen LogP contribution < -0.4 is 4.90 Å². The number of carbonyl (C=O) groups is 1. The van der Waals surface area contributed by atoms with E-state index in [9.17, 15) is 4.79 Å². The molecular weight excluding hydrogens is 214 g/mol. The topological polar surface area (TPSA) is 66.3 Å². The van der Waals surface area contributed by atoms with Crippen molar-refractivity contribution < 1.29 is 9.90 Å². The molecule has 0 bridgehead atoms. The third-order valence-electron chi connectivity index (χ3n) is 1.79. The van der Waals surface area contributed by atoms with E-state index in [1.807, 2.05) is 20.8 Å². The highest BCUT2D eigenvalue weighted by atomic mass is 32.1. The van der Waals surface area contributed by atoms with Crippen LogP contribution in [0.25, 0.3) is 0 Å². The molecule has 0 amide bonds. The lowest BCUT2D eigenvalue weighted by atomic mass is 9.96. The van der Waals surface area contributed by atoms with E-state index in [2.05, 4.69) is 9.36 Å². The maximum atomic E-state index is 10.5. The van der Waals surface area contributed by atoms with Crippen molar-refractivity contribution in [2.75, 3.05) is 18.5 Å². The molecule has 84 valence electrons. The average molecular weight is 229 g/mol. The summed E-state index contributed by atoms with van der Waals surface area (Å²) in [4.78, 5) is 16.4. The van der Waals surface area contributed by atoms with Crippen LogP contribution in [0.15, 0.2) is 0 Å². The van der Waals surface area contributed by atoms with Gasteiger partial charge in [-0.3, -0.25) is 4.79 Å². The molecule has 0 aromatic carbocycles. The first kappa shape index (κ1) is 11.9. The molecule has 0 aliphatic carbocycles. The predicted molar refractivity (Wildman–Crippen MR) is 59.5 cm³/mol. The van der Waals surface area contributed by atoms with Gasteiger partial charge in [0, 0.05) is 24.0 Å². The monoisotopic (exact) mass is 229 g/mol. The number of rotatable bonds is 3. The van der Waals surface area contributed by atoms with E-state index in [-0.39, 0.29) is 12.0 Å². The van der Waals surface area contributed by atoms with Crippen molar-refractivity contribution in [3.63, 3.8) is 0 Å². The Hall–Kier alpha value is -1.17. The van der Waals surface area contributed by atoms with Crippen LogP contribution >= 0.6 is 11.5 Å². The zero-order valence-corrected chi connectivity index (χ0v) is 10.1. The van der Waals surface area contributed by atoms with Gasteiger partial charge in [-0.25, -0.2) is 4.98 Å². The van der Waals surface area contributed by atoms with Crippen molar-refractivity contribution in [2.45, 2.75) is 26.2 Å². The SMILES string of the molecule is CN(CC(=O)O)c1nc(C(C)(C)C)ns1. The van der Waals surface area contributed by atoms with Crippen LogP contribution in [0.3, 0.4) is 0 Å². The van der Waals surface area contributed by atoms with Gasteiger partial charge in [0.25, 0.3) is 0 Å². The van der Waals surface area contributed by atoms with Gasteiger partial charge in [-0.2, -0.15) is 4.37 Å². The second kappa shape index (κ2) is 4.14. The molecule has 0 saturated carbocycles. The van der Waals surface area contributed by atoms with Gasteiger partial charge in [-0.05, 0) is 0 Å². The van der Waals surface area contributed by atoms with Crippen LogP contribution in [0.5, 0.6) is 0 Å². The predicted octanol–water partition coefficient (Wildman–Crippen LogP) is 1.36. The number of hydrogen-bond donors (Lipinski definition) is 1. The van der Waals surface area contributed by atoms with E-state index in [0.29, 0.717) is 5.13 Å². The Labute approximate surface area is 92.9 Å². The highest BCUT2D eigenvalue weighted by Gasteiger charge is 2.21. The molecule has 1 N–H and O–H groups in total. The molecule has 1 aromatic rings. The molecule has 0 fully saturated rings. The van der Waals surface area contributed by atoms with Gasteiger partial charge in [-0.1, -0.05) is 20.8 Å². The number of aliphatic carboxylic acids is 1. The third kappa shape index (κ3) is 3.16. The van der Waals surface area contributed by atoms with E-state index in [1.165, 1.54) is 11.5 Å². The van der Waals surface area contributed by atoms with Crippen molar-refractivity contribution in [1.82, 2.24) is 9.36 Å². The summed E-state index contributed by atoms with van der Waals surface area (Å²) in [7, 11) is 1.70. The minimum absolute atomic E-state index is 0.0568. The summed E-state index contributed by atoms with van der Waals surface area (Å²) < 4.78 is 4.21. The minimum atomic E-state index is -0.870. The number of aromatic nitrogens is 2. The van der Waals surface area contributed by atoms with Crippen LogP contribution in [-0.2, 0) is 10.2 Å². The van der Waals surface area contributed by atoms with Crippen LogP contribution in [-0.4, -0.2) is 34.0 Å². The normalized spacial score (nSPS) is 11.5. The van der Waals surface area contributed by atoms with Crippen molar-refractivity contribution >= 4 is 22.6 Å².